The van der Waals surface area contributed by atoms with Gasteiger partial charge in [-0.2, -0.15) is 0 Å². The van der Waals surface area contributed by atoms with E-state index in [4.69, 9.17) is 0 Å². The molecule has 1 aliphatic heterocycles. The molecule has 0 radical (unpaired) electrons. The third-order valence-electron chi connectivity index (χ3n) is 2.99. The maximum atomic E-state index is 12.4. The van der Waals surface area contributed by atoms with Crippen LogP contribution in [0.4, 0.5) is 4.39 Å². The Labute approximate surface area is 100 Å². The Morgan fingerprint density at radius 1 is 1.65 bits per heavy atom. The monoisotopic (exact) mass is 240 g/mol. The van der Waals surface area contributed by atoms with E-state index in [1.54, 1.807) is 0 Å². The van der Waals surface area contributed by atoms with Gasteiger partial charge in [-0.3, -0.25) is 19.8 Å². The maximum absolute atomic E-state index is 12.4. The van der Waals surface area contributed by atoms with E-state index in [1.165, 1.54) is 0 Å². The van der Waals surface area contributed by atoms with E-state index in [-0.39, 0.29) is 18.4 Å². The fraction of sp³-hybridized carbons (Fsp3) is 0.500. The van der Waals surface area contributed by atoms with Crippen molar-refractivity contribution in [3.8, 4) is 0 Å². The fourth-order valence-corrected chi connectivity index (χ4v) is 1.82. The summed E-state index contributed by atoms with van der Waals surface area (Å²) < 4.78 is 12.4. The SMILES string of the molecule is C=C1CN(C(C)CCC(=O)NC=O)C/C1=C\F. The molecule has 0 aromatic heterocycles. The highest BCUT2D eigenvalue weighted by molar-refractivity contribution is 5.85. The first kappa shape index (κ1) is 13.6. The molecule has 1 fully saturated rings. The van der Waals surface area contributed by atoms with Gasteiger partial charge in [-0.05, 0) is 24.5 Å². The minimum absolute atomic E-state index is 0.154. The van der Waals surface area contributed by atoms with Crippen LogP contribution in [0.25, 0.3) is 0 Å². The topological polar surface area (TPSA) is 49.4 Å². The molecule has 0 aromatic rings. The van der Waals surface area contributed by atoms with Crippen LogP contribution in [0.3, 0.4) is 0 Å². The van der Waals surface area contributed by atoms with Crippen molar-refractivity contribution in [3.05, 3.63) is 24.1 Å². The predicted molar refractivity (Wildman–Crippen MR) is 62.8 cm³/mol. The molecule has 0 aromatic carbocycles. The van der Waals surface area contributed by atoms with Crippen molar-refractivity contribution in [2.75, 3.05) is 13.1 Å². The Morgan fingerprint density at radius 3 is 2.88 bits per heavy atom. The van der Waals surface area contributed by atoms with Crippen LogP contribution in [0.15, 0.2) is 24.1 Å². The van der Waals surface area contributed by atoms with Crippen LogP contribution in [0, 0.1) is 0 Å². The number of imide groups is 1. The highest BCUT2D eigenvalue weighted by Gasteiger charge is 2.24. The molecule has 0 spiro atoms. The van der Waals surface area contributed by atoms with Gasteiger partial charge in [0.25, 0.3) is 0 Å². The lowest BCUT2D eigenvalue weighted by molar-refractivity contribution is -0.125. The molecule has 94 valence electrons. The molecule has 2 amide bonds. The molecule has 1 atom stereocenters. The number of nitrogens with one attached hydrogen (secondary N) is 1. The predicted octanol–water partition coefficient (Wildman–Crippen LogP) is 1.15. The van der Waals surface area contributed by atoms with Crippen LogP contribution < -0.4 is 5.32 Å². The van der Waals surface area contributed by atoms with Gasteiger partial charge in [0.1, 0.15) is 0 Å². The summed E-state index contributed by atoms with van der Waals surface area (Å²) in [6, 6.07) is 0.154. The molecule has 1 N–H and O–H groups in total. The molecule has 1 aliphatic rings. The summed E-state index contributed by atoms with van der Waals surface area (Å²) in [5.41, 5.74) is 1.41. The summed E-state index contributed by atoms with van der Waals surface area (Å²) in [5.74, 6) is -0.286. The van der Waals surface area contributed by atoms with Gasteiger partial charge in [-0.25, -0.2) is 4.39 Å². The number of carbonyl (C=O) groups is 2. The van der Waals surface area contributed by atoms with Crippen LogP contribution in [-0.2, 0) is 9.59 Å². The third kappa shape index (κ3) is 3.78. The van der Waals surface area contributed by atoms with Crippen molar-refractivity contribution in [2.24, 2.45) is 0 Å². The van der Waals surface area contributed by atoms with Crippen molar-refractivity contribution >= 4 is 12.3 Å². The molecule has 1 heterocycles. The van der Waals surface area contributed by atoms with E-state index in [0.29, 0.717) is 37.8 Å². The molecule has 1 rings (SSSR count). The van der Waals surface area contributed by atoms with Crippen LogP contribution in [0.2, 0.25) is 0 Å². The minimum atomic E-state index is -0.286. The fourth-order valence-electron chi connectivity index (χ4n) is 1.82. The van der Waals surface area contributed by atoms with E-state index < -0.39 is 0 Å². The third-order valence-corrected chi connectivity index (χ3v) is 2.99. The molecular weight excluding hydrogens is 223 g/mol. The van der Waals surface area contributed by atoms with Crippen molar-refractivity contribution in [1.82, 2.24) is 10.2 Å². The highest BCUT2D eigenvalue weighted by atomic mass is 19.1. The average Bonchev–Trinajstić information content (AvgIpc) is 2.68. The van der Waals surface area contributed by atoms with E-state index in [0.717, 1.165) is 5.57 Å². The zero-order valence-corrected chi connectivity index (χ0v) is 9.91. The van der Waals surface area contributed by atoms with Gasteiger partial charge in [-0.15, -0.1) is 0 Å². The Bertz CT molecular complexity index is 352. The van der Waals surface area contributed by atoms with Crippen molar-refractivity contribution in [1.29, 1.82) is 0 Å². The van der Waals surface area contributed by atoms with Crippen LogP contribution >= 0.6 is 0 Å². The molecule has 5 heteroatoms. The molecular formula is C12H17FN2O2. The number of amides is 2. The molecule has 1 saturated heterocycles. The number of hydrogen-bond donors (Lipinski definition) is 1. The number of nitrogens with zero attached hydrogens (tertiary/aromatic N) is 1. The summed E-state index contributed by atoms with van der Waals surface area (Å²) in [5, 5.41) is 2.09. The quantitative estimate of drug-likeness (QED) is 0.733. The average molecular weight is 240 g/mol. The van der Waals surface area contributed by atoms with Gasteiger partial charge >= 0.3 is 0 Å². The van der Waals surface area contributed by atoms with Crippen LogP contribution in [0.5, 0.6) is 0 Å². The van der Waals surface area contributed by atoms with Crippen molar-refractivity contribution in [3.63, 3.8) is 0 Å². The van der Waals surface area contributed by atoms with Crippen LogP contribution in [0.1, 0.15) is 19.8 Å². The number of likely N-dealkylation sites (tertiary alicyclic amines) is 1. The standard InChI is InChI=1S/C12H17FN2O2/c1-9-6-15(7-11(9)5-13)10(2)3-4-12(17)14-8-16/h5,8,10H,1,3-4,6-7H2,2H3,(H,14,16,17)/b11-5+. The van der Waals surface area contributed by atoms with E-state index in [9.17, 15) is 14.0 Å². The maximum Gasteiger partial charge on any atom is 0.226 e. The lowest BCUT2D eigenvalue weighted by Gasteiger charge is -2.22. The van der Waals surface area contributed by atoms with E-state index >= 15 is 0 Å². The lowest BCUT2D eigenvalue weighted by Crippen LogP contribution is -2.32. The summed E-state index contributed by atoms with van der Waals surface area (Å²) in [4.78, 5) is 23.2. The van der Waals surface area contributed by atoms with Gasteiger partial charge in [0.2, 0.25) is 12.3 Å². The zero-order valence-electron chi connectivity index (χ0n) is 9.91. The number of carbonyl (C=O) groups excluding carboxylic acids is 2. The summed E-state index contributed by atoms with van der Waals surface area (Å²) in [6.45, 7) is 6.93. The first-order chi connectivity index (χ1) is 8.08. The largest absolute Gasteiger partial charge is 0.299 e. The molecule has 0 bridgehead atoms. The Balaban J connectivity index is 2.39. The zero-order chi connectivity index (χ0) is 12.8. The second-order valence-corrected chi connectivity index (χ2v) is 4.22. The summed E-state index contributed by atoms with van der Waals surface area (Å²) >= 11 is 0. The van der Waals surface area contributed by atoms with Gasteiger partial charge in [-0.1, -0.05) is 6.58 Å². The highest BCUT2D eigenvalue weighted by Crippen LogP contribution is 2.23. The number of rotatable bonds is 5. The molecule has 17 heavy (non-hydrogen) atoms. The van der Waals surface area contributed by atoms with E-state index in [2.05, 4.69) is 16.8 Å². The first-order valence-electron chi connectivity index (χ1n) is 5.53. The molecule has 0 saturated carbocycles. The Morgan fingerprint density at radius 2 is 2.35 bits per heavy atom. The first-order valence-corrected chi connectivity index (χ1v) is 5.53. The smallest absolute Gasteiger partial charge is 0.226 e. The lowest BCUT2D eigenvalue weighted by atomic mass is 10.1. The second-order valence-electron chi connectivity index (χ2n) is 4.22. The number of halogens is 1. The Kier molecular flexibility index (Phi) is 5.03. The minimum Gasteiger partial charge on any atom is -0.299 e. The molecule has 0 aliphatic carbocycles. The summed E-state index contributed by atoms with van der Waals surface area (Å²) in [7, 11) is 0. The number of hydrogen-bond acceptors (Lipinski definition) is 3. The Hall–Kier alpha value is -1.49. The van der Waals surface area contributed by atoms with E-state index in [1.807, 2.05) is 6.92 Å². The van der Waals surface area contributed by atoms with Crippen LogP contribution in [-0.4, -0.2) is 36.3 Å². The molecule has 4 nitrogen and oxygen atoms in total. The van der Waals surface area contributed by atoms with Gasteiger partial charge < -0.3 is 0 Å². The summed E-state index contributed by atoms with van der Waals surface area (Å²) in [6.07, 6.45) is 1.90. The van der Waals surface area contributed by atoms with Gasteiger partial charge in [0, 0.05) is 25.6 Å². The second kappa shape index (κ2) is 6.30. The van der Waals surface area contributed by atoms with Gasteiger partial charge in [0.15, 0.2) is 0 Å². The molecule has 1 unspecified atom stereocenters. The van der Waals surface area contributed by atoms with Crippen molar-refractivity contribution < 1.29 is 14.0 Å². The van der Waals surface area contributed by atoms with Crippen molar-refractivity contribution in [2.45, 2.75) is 25.8 Å². The van der Waals surface area contributed by atoms with Gasteiger partial charge in [0.05, 0.1) is 6.33 Å². The normalized spacial score (nSPS) is 20.6.